The van der Waals surface area contributed by atoms with E-state index in [0.717, 1.165) is 22.7 Å². The van der Waals surface area contributed by atoms with Gasteiger partial charge < -0.3 is 9.64 Å². The zero-order valence-electron chi connectivity index (χ0n) is 16.4. The Bertz CT molecular complexity index is 933. The first-order chi connectivity index (χ1) is 13.4. The first-order valence-corrected chi connectivity index (χ1v) is 9.54. The Labute approximate surface area is 170 Å². The van der Waals surface area contributed by atoms with Gasteiger partial charge in [0.2, 0.25) is 0 Å². The molecule has 0 aliphatic rings. The number of ether oxygens (including phenoxy) is 1. The van der Waals surface area contributed by atoms with Gasteiger partial charge >= 0.3 is 0 Å². The molecule has 0 aliphatic heterocycles. The van der Waals surface area contributed by atoms with Crippen LogP contribution in [0.25, 0.3) is 0 Å². The van der Waals surface area contributed by atoms with Crippen molar-refractivity contribution in [3.8, 4) is 5.75 Å². The van der Waals surface area contributed by atoms with Crippen LogP contribution in [0.4, 0.5) is 0 Å². The maximum absolute atomic E-state index is 12.6. The molecule has 6 heteroatoms. The lowest BCUT2D eigenvalue weighted by molar-refractivity contribution is 0.0774. The standard InChI is InChI=1S/C22H24ClN3O2/c1-16-14-17(2)26(24-16)15-18-4-6-19(7-5-18)22(27)25(3)12-13-28-21-10-8-20(23)9-11-21/h4-11,14H,12-13,15H2,1-3H3. The minimum atomic E-state index is -0.0302. The van der Waals surface area contributed by atoms with E-state index in [1.54, 1.807) is 24.1 Å². The Morgan fingerprint density at radius 2 is 1.79 bits per heavy atom. The van der Waals surface area contributed by atoms with Crippen molar-refractivity contribution in [1.82, 2.24) is 14.7 Å². The van der Waals surface area contributed by atoms with Crippen molar-refractivity contribution in [1.29, 1.82) is 0 Å². The first-order valence-electron chi connectivity index (χ1n) is 9.16. The molecule has 0 saturated carbocycles. The molecule has 0 spiro atoms. The maximum atomic E-state index is 12.6. The summed E-state index contributed by atoms with van der Waals surface area (Å²) in [5.41, 5.74) is 3.90. The summed E-state index contributed by atoms with van der Waals surface area (Å²) in [5.74, 6) is 0.705. The molecular weight excluding hydrogens is 374 g/mol. The number of carbonyl (C=O) groups excluding carboxylic acids is 1. The fourth-order valence-corrected chi connectivity index (χ4v) is 3.04. The fourth-order valence-electron chi connectivity index (χ4n) is 2.91. The average molecular weight is 398 g/mol. The Hall–Kier alpha value is -2.79. The smallest absolute Gasteiger partial charge is 0.253 e. The fraction of sp³-hybridized carbons (Fsp3) is 0.273. The first kappa shape index (κ1) is 20.0. The van der Waals surface area contributed by atoms with E-state index in [2.05, 4.69) is 11.2 Å². The summed E-state index contributed by atoms with van der Waals surface area (Å²) < 4.78 is 7.62. The van der Waals surface area contributed by atoms with E-state index in [4.69, 9.17) is 16.3 Å². The predicted molar refractivity (Wildman–Crippen MR) is 111 cm³/mol. The number of amides is 1. The molecule has 1 aromatic heterocycles. The van der Waals surface area contributed by atoms with Gasteiger partial charge in [0.05, 0.1) is 18.8 Å². The van der Waals surface area contributed by atoms with Gasteiger partial charge in [0, 0.05) is 23.3 Å². The molecule has 1 heterocycles. The molecular formula is C22H24ClN3O2. The molecule has 0 atom stereocenters. The van der Waals surface area contributed by atoms with Crippen molar-refractivity contribution in [3.05, 3.63) is 82.1 Å². The number of benzene rings is 2. The molecule has 0 unspecified atom stereocenters. The average Bonchev–Trinajstić information content (AvgIpc) is 3.00. The van der Waals surface area contributed by atoms with Crippen LogP contribution in [0, 0.1) is 13.8 Å². The lowest BCUT2D eigenvalue weighted by Crippen LogP contribution is -2.30. The highest BCUT2D eigenvalue weighted by atomic mass is 35.5. The summed E-state index contributed by atoms with van der Waals surface area (Å²) in [4.78, 5) is 14.3. The molecule has 0 saturated heterocycles. The summed E-state index contributed by atoms with van der Waals surface area (Å²) in [7, 11) is 1.78. The molecule has 5 nitrogen and oxygen atoms in total. The van der Waals surface area contributed by atoms with Crippen LogP contribution in [-0.2, 0) is 6.54 Å². The third kappa shape index (κ3) is 5.14. The molecule has 28 heavy (non-hydrogen) atoms. The number of halogens is 1. The Kier molecular flexibility index (Phi) is 6.37. The van der Waals surface area contributed by atoms with Gasteiger partial charge in [-0.25, -0.2) is 0 Å². The van der Waals surface area contributed by atoms with E-state index < -0.39 is 0 Å². The molecule has 0 aliphatic carbocycles. The molecule has 3 rings (SSSR count). The summed E-state index contributed by atoms with van der Waals surface area (Å²) in [6, 6.07) is 16.9. The van der Waals surface area contributed by atoms with Crippen LogP contribution in [0.5, 0.6) is 5.75 Å². The molecule has 2 aromatic carbocycles. The lowest BCUT2D eigenvalue weighted by Gasteiger charge is -2.18. The second-order valence-electron chi connectivity index (χ2n) is 6.81. The summed E-state index contributed by atoms with van der Waals surface area (Å²) >= 11 is 5.86. The van der Waals surface area contributed by atoms with Crippen LogP contribution < -0.4 is 4.74 Å². The molecule has 3 aromatic rings. The van der Waals surface area contributed by atoms with Gasteiger partial charge in [-0.05, 0) is 61.9 Å². The molecule has 0 radical (unpaired) electrons. The van der Waals surface area contributed by atoms with Crippen molar-refractivity contribution >= 4 is 17.5 Å². The van der Waals surface area contributed by atoms with E-state index in [1.807, 2.05) is 54.9 Å². The summed E-state index contributed by atoms with van der Waals surface area (Å²) in [5, 5.41) is 5.14. The zero-order valence-corrected chi connectivity index (χ0v) is 17.1. The number of nitrogens with zero attached hydrogens (tertiary/aromatic N) is 3. The van der Waals surface area contributed by atoms with Crippen LogP contribution in [0.3, 0.4) is 0 Å². The predicted octanol–water partition coefficient (Wildman–Crippen LogP) is 4.35. The van der Waals surface area contributed by atoms with Gasteiger partial charge in [-0.15, -0.1) is 0 Å². The van der Waals surface area contributed by atoms with Gasteiger partial charge in [0.25, 0.3) is 5.91 Å². The van der Waals surface area contributed by atoms with Crippen molar-refractivity contribution in [2.45, 2.75) is 20.4 Å². The Balaban J connectivity index is 1.53. The molecule has 1 amide bonds. The number of hydrogen-bond acceptors (Lipinski definition) is 3. The van der Waals surface area contributed by atoms with Crippen molar-refractivity contribution < 1.29 is 9.53 Å². The normalized spacial score (nSPS) is 10.7. The number of aromatic nitrogens is 2. The minimum absolute atomic E-state index is 0.0302. The Morgan fingerprint density at radius 3 is 2.39 bits per heavy atom. The van der Waals surface area contributed by atoms with E-state index in [0.29, 0.717) is 30.3 Å². The third-order valence-corrected chi connectivity index (χ3v) is 4.74. The maximum Gasteiger partial charge on any atom is 0.253 e. The number of likely N-dealkylation sites (N-methyl/N-ethyl adjacent to an activating group) is 1. The molecule has 0 fully saturated rings. The zero-order chi connectivity index (χ0) is 20.1. The number of carbonyl (C=O) groups is 1. The van der Waals surface area contributed by atoms with Gasteiger partial charge in [-0.1, -0.05) is 23.7 Å². The van der Waals surface area contributed by atoms with Gasteiger partial charge in [-0.3, -0.25) is 9.48 Å². The van der Waals surface area contributed by atoms with Crippen LogP contribution in [0.1, 0.15) is 27.3 Å². The van der Waals surface area contributed by atoms with Crippen LogP contribution in [0.2, 0.25) is 5.02 Å². The van der Waals surface area contributed by atoms with Crippen molar-refractivity contribution in [3.63, 3.8) is 0 Å². The van der Waals surface area contributed by atoms with E-state index >= 15 is 0 Å². The van der Waals surface area contributed by atoms with Gasteiger partial charge in [0.15, 0.2) is 0 Å². The van der Waals surface area contributed by atoms with Gasteiger partial charge in [-0.2, -0.15) is 5.10 Å². The quantitative estimate of drug-likeness (QED) is 0.595. The van der Waals surface area contributed by atoms with Crippen LogP contribution >= 0.6 is 11.6 Å². The monoisotopic (exact) mass is 397 g/mol. The summed E-state index contributed by atoms with van der Waals surface area (Å²) in [6.45, 7) is 5.63. The largest absolute Gasteiger partial charge is 0.492 e. The SMILES string of the molecule is Cc1cc(C)n(Cc2ccc(C(=O)N(C)CCOc3ccc(Cl)cc3)cc2)n1. The van der Waals surface area contributed by atoms with Crippen LogP contribution in [0.15, 0.2) is 54.6 Å². The van der Waals surface area contributed by atoms with E-state index in [9.17, 15) is 4.79 Å². The Morgan fingerprint density at radius 1 is 1.11 bits per heavy atom. The van der Waals surface area contributed by atoms with Crippen LogP contribution in [-0.4, -0.2) is 40.8 Å². The van der Waals surface area contributed by atoms with E-state index in [1.165, 1.54) is 0 Å². The second kappa shape index (κ2) is 8.93. The third-order valence-electron chi connectivity index (χ3n) is 4.49. The summed E-state index contributed by atoms with van der Waals surface area (Å²) in [6.07, 6.45) is 0. The van der Waals surface area contributed by atoms with Crippen molar-refractivity contribution in [2.24, 2.45) is 0 Å². The van der Waals surface area contributed by atoms with Crippen molar-refractivity contribution in [2.75, 3.05) is 20.2 Å². The highest BCUT2D eigenvalue weighted by Crippen LogP contribution is 2.15. The number of rotatable bonds is 7. The number of hydrogen-bond donors (Lipinski definition) is 0. The topological polar surface area (TPSA) is 47.4 Å². The molecule has 146 valence electrons. The van der Waals surface area contributed by atoms with E-state index in [-0.39, 0.29) is 5.91 Å². The van der Waals surface area contributed by atoms with Gasteiger partial charge in [0.1, 0.15) is 12.4 Å². The lowest BCUT2D eigenvalue weighted by atomic mass is 10.1. The minimum Gasteiger partial charge on any atom is -0.492 e. The number of aryl methyl sites for hydroxylation is 2. The highest BCUT2D eigenvalue weighted by Gasteiger charge is 2.12. The highest BCUT2D eigenvalue weighted by molar-refractivity contribution is 6.30. The molecule has 0 N–H and O–H groups in total. The molecule has 0 bridgehead atoms. The second-order valence-corrected chi connectivity index (χ2v) is 7.25.